The molecule has 0 amide bonds. The maximum absolute atomic E-state index is 13.3. The molecule has 0 unspecified atom stereocenters. The van der Waals surface area contributed by atoms with Crippen LogP contribution in [0.2, 0.25) is 0 Å². The molecule has 3 N–H and O–H groups in total. The summed E-state index contributed by atoms with van der Waals surface area (Å²) in [6.45, 7) is 5.40. The number of nitrogens with two attached hydrogens (primary N) is 1. The molecule has 1 aromatic carbocycles. The van der Waals surface area contributed by atoms with Gasteiger partial charge in [0.25, 0.3) is 0 Å². The Hall–Kier alpha value is -0.640. The molecular weight excluding hydrogens is 229 g/mol. The van der Waals surface area contributed by atoms with Gasteiger partial charge in [-0.25, -0.2) is 4.39 Å². The lowest BCUT2D eigenvalue weighted by Gasteiger charge is -2.29. The second-order valence-corrected chi connectivity index (χ2v) is 4.63. The van der Waals surface area contributed by atoms with Gasteiger partial charge >= 0.3 is 0 Å². The number of halogens is 2. The van der Waals surface area contributed by atoms with E-state index in [4.69, 9.17) is 5.73 Å². The van der Waals surface area contributed by atoms with Gasteiger partial charge in [-0.3, -0.25) is 0 Å². The first-order valence-electron chi connectivity index (χ1n) is 5.01. The minimum Gasteiger partial charge on any atom is -0.396 e. The van der Waals surface area contributed by atoms with Gasteiger partial charge in [0.05, 0.1) is 0 Å². The summed E-state index contributed by atoms with van der Waals surface area (Å²) in [5.41, 5.74) is 6.86. The van der Waals surface area contributed by atoms with Crippen molar-refractivity contribution in [2.24, 2.45) is 11.1 Å². The summed E-state index contributed by atoms with van der Waals surface area (Å²) in [6, 6.07) is 4.59. The van der Waals surface area contributed by atoms with Crippen LogP contribution < -0.4 is 5.73 Å². The number of benzene rings is 1. The molecule has 1 aromatic rings. The van der Waals surface area contributed by atoms with Crippen molar-refractivity contribution < 1.29 is 9.50 Å². The summed E-state index contributed by atoms with van der Waals surface area (Å²) in [5, 5.41) is 9.18. The van der Waals surface area contributed by atoms with E-state index in [1.807, 2.05) is 13.8 Å². The van der Waals surface area contributed by atoms with E-state index in [1.54, 1.807) is 19.1 Å². The Labute approximate surface area is 102 Å². The summed E-state index contributed by atoms with van der Waals surface area (Å²) in [6.07, 6.45) is 0. The molecule has 0 heterocycles. The minimum atomic E-state index is -0.443. The Balaban J connectivity index is 0.00000225. The van der Waals surface area contributed by atoms with Gasteiger partial charge in [-0.05, 0) is 24.1 Å². The van der Waals surface area contributed by atoms with Crippen molar-refractivity contribution >= 4 is 12.4 Å². The van der Waals surface area contributed by atoms with Crippen LogP contribution in [0.15, 0.2) is 18.2 Å². The first kappa shape index (κ1) is 15.4. The van der Waals surface area contributed by atoms with Crippen LogP contribution in [-0.2, 0) is 0 Å². The molecule has 0 saturated carbocycles. The van der Waals surface area contributed by atoms with Crippen molar-refractivity contribution in [2.75, 3.05) is 6.61 Å². The molecule has 4 heteroatoms. The normalized spacial score (nSPS) is 13.1. The fourth-order valence-electron chi connectivity index (χ4n) is 1.35. The molecule has 16 heavy (non-hydrogen) atoms. The van der Waals surface area contributed by atoms with Crippen LogP contribution in [0.25, 0.3) is 0 Å². The van der Waals surface area contributed by atoms with Gasteiger partial charge in [0.15, 0.2) is 0 Å². The number of rotatable bonds is 3. The molecular formula is C12H19ClFNO. The Morgan fingerprint density at radius 3 is 2.44 bits per heavy atom. The van der Waals surface area contributed by atoms with Gasteiger partial charge < -0.3 is 10.8 Å². The third kappa shape index (κ3) is 3.17. The molecule has 0 radical (unpaired) electrons. The van der Waals surface area contributed by atoms with Gasteiger partial charge in [0.1, 0.15) is 5.82 Å². The van der Waals surface area contributed by atoms with Gasteiger partial charge in [0, 0.05) is 18.1 Å². The highest BCUT2D eigenvalue weighted by Crippen LogP contribution is 2.31. The van der Waals surface area contributed by atoms with Gasteiger partial charge in [-0.2, -0.15) is 0 Å². The monoisotopic (exact) mass is 247 g/mol. The smallest absolute Gasteiger partial charge is 0.126 e. The second kappa shape index (κ2) is 5.62. The fourth-order valence-corrected chi connectivity index (χ4v) is 1.35. The SMILES string of the molecule is Cc1ccc([C@@H](N)C(C)(C)CO)cc1F.Cl. The Morgan fingerprint density at radius 2 is 2.00 bits per heavy atom. The summed E-state index contributed by atoms with van der Waals surface area (Å²) in [4.78, 5) is 0. The van der Waals surface area contributed by atoms with Crippen molar-refractivity contribution in [1.29, 1.82) is 0 Å². The minimum absolute atomic E-state index is 0. The fraction of sp³-hybridized carbons (Fsp3) is 0.500. The third-order valence-corrected chi connectivity index (χ3v) is 2.80. The highest BCUT2D eigenvalue weighted by Gasteiger charge is 2.27. The maximum atomic E-state index is 13.3. The van der Waals surface area contributed by atoms with Crippen LogP contribution in [0.5, 0.6) is 0 Å². The van der Waals surface area contributed by atoms with Crippen LogP contribution in [0.3, 0.4) is 0 Å². The Bertz CT molecular complexity index is 355. The molecule has 1 rings (SSSR count). The van der Waals surface area contributed by atoms with Crippen molar-refractivity contribution in [1.82, 2.24) is 0 Å². The van der Waals surface area contributed by atoms with Crippen LogP contribution in [-0.4, -0.2) is 11.7 Å². The lowest BCUT2D eigenvalue weighted by Crippen LogP contribution is -2.32. The Morgan fingerprint density at radius 1 is 1.44 bits per heavy atom. The molecule has 0 aliphatic carbocycles. The van der Waals surface area contributed by atoms with Crippen LogP contribution in [0.1, 0.15) is 31.0 Å². The second-order valence-electron chi connectivity index (χ2n) is 4.63. The summed E-state index contributed by atoms with van der Waals surface area (Å²) in [7, 11) is 0. The van der Waals surface area contributed by atoms with E-state index < -0.39 is 5.41 Å². The molecule has 2 nitrogen and oxygen atoms in total. The lowest BCUT2D eigenvalue weighted by atomic mass is 9.81. The molecule has 92 valence electrons. The first-order chi connectivity index (χ1) is 6.88. The van der Waals surface area contributed by atoms with Crippen molar-refractivity contribution in [3.63, 3.8) is 0 Å². The number of aliphatic hydroxyl groups excluding tert-OH is 1. The zero-order valence-corrected chi connectivity index (χ0v) is 10.6. The topological polar surface area (TPSA) is 46.2 Å². The highest BCUT2D eigenvalue weighted by atomic mass is 35.5. The van der Waals surface area contributed by atoms with E-state index in [0.29, 0.717) is 5.56 Å². The van der Waals surface area contributed by atoms with Crippen LogP contribution in [0, 0.1) is 18.2 Å². The van der Waals surface area contributed by atoms with E-state index in [2.05, 4.69) is 0 Å². The number of hydrogen-bond acceptors (Lipinski definition) is 2. The molecule has 0 bridgehead atoms. The van der Waals surface area contributed by atoms with E-state index in [9.17, 15) is 9.50 Å². The van der Waals surface area contributed by atoms with Crippen molar-refractivity contribution in [3.05, 3.63) is 35.1 Å². The quantitative estimate of drug-likeness (QED) is 0.863. The van der Waals surface area contributed by atoms with E-state index in [1.165, 1.54) is 6.07 Å². The van der Waals surface area contributed by atoms with E-state index in [0.717, 1.165) is 5.56 Å². The third-order valence-electron chi connectivity index (χ3n) is 2.80. The molecule has 0 aromatic heterocycles. The lowest BCUT2D eigenvalue weighted by molar-refractivity contribution is 0.132. The average Bonchev–Trinajstić information content (AvgIpc) is 2.21. The van der Waals surface area contributed by atoms with E-state index in [-0.39, 0.29) is 30.9 Å². The number of hydrogen-bond donors (Lipinski definition) is 2. The molecule has 1 atom stereocenters. The van der Waals surface area contributed by atoms with Crippen LogP contribution in [0.4, 0.5) is 4.39 Å². The molecule has 0 aliphatic rings. The van der Waals surface area contributed by atoms with Gasteiger partial charge in [-0.15, -0.1) is 12.4 Å². The maximum Gasteiger partial charge on any atom is 0.126 e. The molecule has 0 fully saturated rings. The van der Waals surface area contributed by atoms with Crippen LogP contribution >= 0.6 is 12.4 Å². The number of aliphatic hydroxyl groups is 1. The first-order valence-corrected chi connectivity index (χ1v) is 5.01. The Kier molecular flexibility index (Phi) is 5.39. The largest absolute Gasteiger partial charge is 0.396 e. The standard InChI is InChI=1S/C12H18FNO.ClH/c1-8-4-5-9(6-10(8)13)11(14)12(2,3)7-15;/h4-6,11,15H,7,14H2,1-3H3;1H/t11-;/m1./s1. The zero-order valence-electron chi connectivity index (χ0n) is 9.83. The summed E-state index contributed by atoms with van der Waals surface area (Å²) >= 11 is 0. The van der Waals surface area contributed by atoms with Crippen molar-refractivity contribution in [3.8, 4) is 0 Å². The number of aryl methyl sites for hydroxylation is 1. The zero-order chi connectivity index (χ0) is 11.6. The highest BCUT2D eigenvalue weighted by molar-refractivity contribution is 5.85. The molecule has 0 saturated heterocycles. The van der Waals surface area contributed by atoms with Gasteiger partial charge in [-0.1, -0.05) is 26.0 Å². The predicted octanol–water partition coefficient (Wildman–Crippen LogP) is 2.57. The predicted molar refractivity (Wildman–Crippen MR) is 66.2 cm³/mol. The van der Waals surface area contributed by atoms with Gasteiger partial charge in [0.2, 0.25) is 0 Å². The van der Waals surface area contributed by atoms with Crippen molar-refractivity contribution in [2.45, 2.75) is 26.8 Å². The average molecular weight is 248 g/mol. The molecule has 0 aliphatic heterocycles. The molecule has 0 spiro atoms. The van der Waals surface area contributed by atoms with E-state index >= 15 is 0 Å². The summed E-state index contributed by atoms with van der Waals surface area (Å²) in [5.74, 6) is -0.253. The summed E-state index contributed by atoms with van der Waals surface area (Å²) < 4.78 is 13.3.